The Morgan fingerprint density at radius 2 is 2.00 bits per heavy atom. The van der Waals surface area contributed by atoms with Crippen LogP contribution in [0.4, 0.5) is 5.69 Å². The van der Waals surface area contributed by atoms with Gasteiger partial charge in [0, 0.05) is 31.2 Å². The van der Waals surface area contributed by atoms with Crippen molar-refractivity contribution in [2.24, 2.45) is 5.92 Å². The van der Waals surface area contributed by atoms with Crippen LogP contribution >= 0.6 is 0 Å². The molecule has 0 radical (unpaired) electrons. The van der Waals surface area contributed by atoms with Crippen molar-refractivity contribution < 1.29 is 19.5 Å². The Balaban J connectivity index is 2.16. The lowest BCUT2D eigenvalue weighted by Gasteiger charge is -2.29. The van der Waals surface area contributed by atoms with Crippen molar-refractivity contribution in [1.29, 1.82) is 0 Å². The van der Waals surface area contributed by atoms with Gasteiger partial charge in [-0.2, -0.15) is 0 Å². The quantitative estimate of drug-likeness (QED) is 0.858. The van der Waals surface area contributed by atoms with Crippen molar-refractivity contribution in [3.63, 3.8) is 0 Å². The zero-order chi connectivity index (χ0) is 18.7. The Labute approximate surface area is 148 Å². The van der Waals surface area contributed by atoms with Gasteiger partial charge in [-0.05, 0) is 44.9 Å². The fourth-order valence-corrected chi connectivity index (χ4v) is 3.21. The second-order valence-electron chi connectivity index (χ2n) is 6.89. The number of aryl methyl sites for hydroxylation is 1. The van der Waals surface area contributed by atoms with Gasteiger partial charge in [-0.25, -0.2) is 0 Å². The summed E-state index contributed by atoms with van der Waals surface area (Å²) >= 11 is 0. The van der Waals surface area contributed by atoms with Crippen LogP contribution in [0, 0.1) is 19.8 Å². The van der Waals surface area contributed by atoms with Crippen molar-refractivity contribution in [3.8, 4) is 0 Å². The van der Waals surface area contributed by atoms with Gasteiger partial charge in [-0.1, -0.05) is 12.1 Å². The Morgan fingerprint density at radius 1 is 1.32 bits per heavy atom. The maximum absolute atomic E-state index is 12.8. The molecule has 1 aliphatic heterocycles. The largest absolute Gasteiger partial charge is 0.481 e. The number of rotatable bonds is 6. The van der Waals surface area contributed by atoms with Gasteiger partial charge in [-0.15, -0.1) is 0 Å². The number of hydrogen-bond acceptors (Lipinski definition) is 3. The minimum Gasteiger partial charge on any atom is -0.481 e. The summed E-state index contributed by atoms with van der Waals surface area (Å²) in [6.07, 6.45) is 0.0772. The number of carbonyl (C=O) groups excluding carboxylic acids is 2. The average Bonchev–Trinajstić information content (AvgIpc) is 2.91. The number of nitrogens with zero attached hydrogens (tertiary/aromatic N) is 2. The Morgan fingerprint density at radius 3 is 2.60 bits per heavy atom. The number of anilines is 1. The van der Waals surface area contributed by atoms with E-state index in [2.05, 4.69) is 0 Å². The van der Waals surface area contributed by atoms with E-state index in [4.69, 9.17) is 5.11 Å². The molecule has 2 amide bonds. The van der Waals surface area contributed by atoms with Crippen LogP contribution in [0.2, 0.25) is 0 Å². The molecular formula is C19H26N2O4. The molecule has 0 aromatic heterocycles. The number of hydrogen-bond donors (Lipinski definition) is 1. The van der Waals surface area contributed by atoms with Gasteiger partial charge in [0.15, 0.2) is 0 Å². The van der Waals surface area contributed by atoms with E-state index >= 15 is 0 Å². The number of carboxylic acid groups (broad SMARTS) is 1. The van der Waals surface area contributed by atoms with Gasteiger partial charge in [0.2, 0.25) is 11.8 Å². The predicted octanol–water partition coefficient (Wildman–Crippen LogP) is 2.37. The molecule has 2 rings (SSSR count). The zero-order valence-electron chi connectivity index (χ0n) is 15.3. The van der Waals surface area contributed by atoms with Crippen LogP contribution in [0.1, 0.15) is 37.8 Å². The molecule has 0 spiro atoms. The van der Waals surface area contributed by atoms with Crippen molar-refractivity contribution >= 4 is 23.5 Å². The predicted molar refractivity (Wildman–Crippen MR) is 95.5 cm³/mol. The number of benzene rings is 1. The third-order valence-electron chi connectivity index (χ3n) is 4.81. The summed E-state index contributed by atoms with van der Waals surface area (Å²) in [5.74, 6) is -1.56. The molecule has 0 bridgehead atoms. The molecule has 0 aliphatic carbocycles. The van der Waals surface area contributed by atoms with Gasteiger partial charge in [0.05, 0.1) is 12.3 Å². The van der Waals surface area contributed by atoms with E-state index in [0.29, 0.717) is 6.54 Å². The average molecular weight is 346 g/mol. The molecule has 1 atom stereocenters. The van der Waals surface area contributed by atoms with E-state index in [1.54, 1.807) is 9.80 Å². The fraction of sp³-hybridized carbons (Fsp3) is 0.526. The highest BCUT2D eigenvalue weighted by molar-refractivity contribution is 6.01. The summed E-state index contributed by atoms with van der Waals surface area (Å²) < 4.78 is 0. The van der Waals surface area contributed by atoms with Crippen molar-refractivity contribution in [2.45, 2.75) is 46.6 Å². The molecule has 1 saturated heterocycles. The smallest absolute Gasteiger partial charge is 0.305 e. The van der Waals surface area contributed by atoms with Gasteiger partial charge in [-0.3, -0.25) is 14.4 Å². The minimum atomic E-state index is -0.932. The van der Waals surface area contributed by atoms with Crippen LogP contribution in [0.25, 0.3) is 0 Å². The number of aliphatic carboxylic acids is 1. The molecule has 1 aromatic carbocycles. The summed E-state index contributed by atoms with van der Waals surface area (Å²) in [4.78, 5) is 39.4. The van der Waals surface area contributed by atoms with Crippen molar-refractivity contribution in [2.75, 3.05) is 18.0 Å². The molecule has 1 N–H and O–H groups in total. The molecule has 1 aliphatic rings. The van der Waals surface area contributed by atoms with Crippen LogP contribution in [-0.4, -0.2) is 46.9 Å². The lowest BCUT2D eigenvalue weighted by Crippen LogP contribution is -2.43. The molecule has 6 nitrogen and oxygen atoms in total. The monoisotopic (exact) mass is 346 g/mol. The third-order valence-corrected chi connectivity index (χ3v) is 4.81. The maximum Gasteiger partial charge on any atom is 0.305 e. The first kappa shape index (κ1) is 19.0. The first-order valence-electron chi connectivity index (χ1n) is 8.61. The number of carbonyl (C=O) groups is 3. The van der Waals surface area contributed by atoms with E-state index in [1.165, 1.54) is 0 Å². The summed E-state index contributed by atoms with van der Waals surface area (Å²) in [6.45, 7) is 8.20. The van der Waals surface area contributed by atoms with E-state index in [0.717, 1.165) is 16.8 Å². The second kappa shape index (κ2) is 7.68. The summed E-state index contributed by atoms with van der Waals surface area (Å²) in [6, 6.07) is 5.70. The highest BCUT2D eigenvalue weighted by atomic mass is 16.4. The normalized spacial score (nSPS) is 17.2. The maximum atomic E-state index is 12.8. The van der Waals surface area contributed by atoms with Gasteiger partial charge < -0.3 is 14.9 Å². The molecule has 25 heavy (non-hydrogen) atoms. The van der Waals surface area contributed by atoms with Gasteiger partial charge in [0.1, 0.15) is 0 Å². The van der Waals surface area contributed by atoms with Crippen LogP contribution in [0.15, 0.2) is 18.2 Å². The number of amides is 2. The third kappa shape index (κ3) is 4.18. The van der Waals surface area contributed by atoms with Crippen molar-refractivity contribution in [1.82, 2.24) is 4.90 Å². The molecule has 136 valence electrons. The van der Waals surface area contributed by atoms with Crippen molar-refractivity contribution in [3.05, 3.63) is 29.3 Å². The molecule has 0 saturated carbocycles. The highest BCUT2D eigenvalue weighted by Crippen LogP contribution is 2.30. The second-order valence-corrected chi connectivity index (χ2v) is 6.89. The van der Waals surface area contributed by atoms with Gasteiger partial charge >= 0.3 is 5.97 Å². The SMILES string of the molecule is Cc1cccc(N2CC(C(=O)N(CCC(=O)O)C(C)C)CC2=O)c1C. The van der Waals surface area contributed by atoms with E-state index in [1.807, 2.05) is 45.9 Å². The van der Waals surface area contributed by atoms with Crippen LogP contribution in [-0.2, 0) is 14.4 Å². The topological polar surface area (TPSA) is 77.9 Å². The molecule has 1 unspecified atom stereocenters. The highest BCUT2D eigenvalue weighted by Gasteiger charge is 2.38. The molecule has 1 fully saturated rings. The van der Waals surface area contributed by atoms with Crippen LogP contribution < -0.4 is 4.90 Å². The summed E-state index contributed by atoms with van der Waals surface area (Å²) in [5, 5.41) is 8.88. The Kier molecular flexibility index (Phi) is 5.82. The lowest BCUT2D eigenvalue weighted by molar-refractivity contribution is -0.141. The van der Waals surface area contributed by atoms with E-state index in [9.17, 15) is 14.4 Å². The van der Waals surface area contributed by atoms with E-state index < -0.39 is 11.9 Å². The van der Waals surface area contributed by atoms with Crippen LogP contribution in [0.5, 0.6) is 0 Å². The first-order chi connectivity index (χ1) is 11.7. The molecule has 1 heterocycles. The Hall–Kier alpha value is -2.37. The minimum absolute atomic E-state index is 0.0611. The summed E-state index contributed by atoms with van der Waals surface area (Å²) in [5.41, 5.74) is 2.99. The molecular weight excluding hydrogens is 320 g/mol. The standard InChI is InChI=1S/C19H26N2O4/c1-12(2)20(9-8-18(23)24)19(25)15-10-17(22)21(11-15)16-7-5-6-13(3)14(16)4/h5-7,12,15H,8-11H2,1-4H3,(H,23,24). The van der Waals surface area contributed by atoms with E-state index in [-0.39, 0.29) is 37.2 Å². The Bertz CT molecular complexity index is 684. The fourth-order valence-electron chi connectivity index (χ4n) is 3.21. The number of carboxylic acids is 1. The van der Waals surface area contributed by atoms with Crippen LogP contribution in [0.3, 0.4) is 0 Å². The first-order valence-corrected chi connectivity index (χ1v) is 8.61. The lowest BCUT2D eigenvalue weighted by atomic mass is 10.1. The van der Waals surface area contributed by atoms with Gasteiger partial charge in [0.25, 0.3) is 0 Å². The molecule has 6 heteroatoms. The summed E-state index contributed by atoms with van der Waals surface area (Å²) in [7, 11) is 0. The zero-order valence-corrected chi connectivity index (χ0v) is 15.3. The molecule has 1 aromatic rings.